The number of hydrogen-bond donors (Lipinski definition) is 0. The molecule has 1 atom stereocenters. The summed E-state index contributed by atoms with van der Waals surface area (Å²) in [4.78, 5) is 11.1. The van der Waals surface area contributed by atoms with Crippen LogP contribution < -0.4 is 0 Å². The molecule has 5 heteroatoms. The second-order valence-electron chi connectivity index (χ2n) is 4.05. The Labute approximate surface area is 106 Å². The molecular weight excluding hydrogens is 292 g/mol. The van der Waals surface area contributed by atoms with E-state index in [4.69, 9.17) is 5.26 Å². The number of rotatable bonds is 3. The summed E-state index contributed by atoms with van der Waals surface area (Å²) in [6.07, 6.45) is -0.113. The molecule has 0 radical (unpaired) electrons. The summed E-state index contributed by atoms with van der Waals surface area (Å²) in [6, 6.07) is 4.17. The van der Waals surface area contributed by atoms with Crippen LogP contribution >= 0.6 is 15.9 Å². The van der Waals surface area contributed by atoms with Gasteiger partial charge in [-0.15, -0.1) is 0 Å². The summed E-state index contributed by atoms with van der Waals surface area (Å²) in [5.41, 5.74) is -1.27. The van der Waals surface area contributed by atoms with Gasteiger partial charge in [-0.25, -0.2) is 8.78 Å². The molecule has 1 aromatic carbocycles. The summed E-state index contributed by atoms with van der Waals surface area (Å²) in [7, 11) is 0. The van der Waals surface area contributed by atoms with E-state index in [1.165, 1.54) is 19.9 Å². The summed E-state index contributed by atoms with van der Waals surface area (Å²) in [5, 5.41) is 9.09. The van der Waals surface area contributed by atoms with Crippen molar-refractivity contribution in [2.45, 2.75) is 25.7 Å². The van der Waals surface area contributed by atoms with Gasteiger partial charge >= 0.3 is 0 Å². The van der Waals surface area contributed by atoms with Gasteiger partial charge in [-0.05, 0) is 35.8 Å². The van der Waals surface area contributed by atoms with E-state index in [2.05, 4.69) is 15.9 Å². The standard InChI is InChI=1S/C12H10BrF2NO/c1-7(17)5-12(2,6-16)8-3-4-9(14)10(13)11(8)15/h3-4H,5H2,1-2H3. The van der Waals surface area contributed by atoms with Gasteiger partial charge in [0.05, 0.1) is 16.0 Å². The Bertz CT molecular complexity index is 510. The van der Waals surface area contributed by atoms with E-state index in [-0.39, 0.29) is 22.2 Å². The van der Waals surface area contributed by atoms with Gasteiger partial charge in [0, 0.05) is 12.0 Å². The lowest BCUT2D eigenvalue weighted by Crippen LogP contribution is -2.24. The lowest BCUT2D eigenvalue weighted by molar-refractivity contribution is -0.117. The van der Waals surface area contributed by atoms with Crippen molar-refractivity contribution in [2.75, 3.05) is 0 Å². The Kier molecular flexibility index (Phi) is 3.99. The maximum atomic E-state index is 13.8. The van der Waals surface area contributed by atoms with E-state index in [9.17, 15) is 13.6 Å². The van der Waals surface area contributed by atoms with Crippen molar-refractivity contribution in [1.82, 2.24) is 0 Å². The number of halogens is 3. The number of nitrogens with zero attached hydrogens (tertiary/aromatic N) is 1. The van der Waals surface area contributed by atoms with Crippen LogP contribution in [0, 0.1) is 23.0 Å². The van der Waals surface area contributed by atoms with Crippen LogP contribution in [-0.2, 0) is 10.2 Å². The molecule has 0 heterocycles. The van der Waals surface area contributed by atoms with Gasteiger partial charge in [0.25, 0.3) is 0 Å². The predicted molar refractivity (Wildman–Crippen MR) is 62.3 cm³/mol. The molecule has 0 saturated carbocycles. The monoisotopic (exact) mass is 301 g/mol. The van der Waals surface area contributed by atoms with E-state index in [1.807, 2.05) is 6.07 Å². The van der Waals surface area contributed by atoms with Gasteiger partial charge in [0.1, 0.15) is 17.4 Å². The maximum Gasteiger partial charge on any atom is 0.145 e. The normalized spacial score (nSPS) is 13.9. The second kappa shape index (κ2) is 4.92. The SMILES string of the molecule is CC(=O)CC(C)(C#N)c1ccc(F)c(Br)c1F. The summed E-state index contributed by atoms with van der Waals surface area (Å²) in [6.45, 7) is 2.78. The molecule has 0 aliphatic heterocycles. The number of benzene rings is 1. The van der Waals surface area contributed by atoms with Crippen LogP contribution in [-0.4, -0.2) is 5.78 Å². The average molecular weight is 302 g/mol. The first-order chi connectivity index (χ1) is 7.81. The fourth-order valence-electron chi connectivity index (χ4n) is 1.64. The Morgan fingerprint density at radius 2 is 2.12 bits per heavy atom. The van der Waals surface area contributed by atoms with Crippen molar-refractivity contribution >= 4 is 21.7 Å². The summed E-state index contributed by atoms with van der Waals surface area (Å²) >= 11 is 2.77. The number of carbonyl (C=O) groups is 1. The Hall–Kier alpha value is -1.28. The summed E-state index contributed by atoms with van der Waals surface area (Å²) < 4.78 is 26.6. The minimum Gasteiger partial charge on any atom is -0.300 e. The third-order valence-electron chi connectivity index (χ3n) is 2.48. The van der Waals surface area contributed by atoms with Crippen LogP contribution in [0.3, 0.4) is 0 Å². The lowest BCUT2D eigenvalue weighted by Gasteiger charge is -2.21. The first-order valence-electron chi connectivity index (χ1n) is 4.86. The molecule has 2 nitrogen and oxygen atoms in total. The van der Waals surface area contributed by atoms with Gasteiger partial charge in [-0.1, -0.05) is 6.07 Å². The van der Waals surface area contributed by atoms with Crippen LogP contribution in [0.15, 0.2) is 16.6 Å². The first-order valence-corrected chi connectivity index (χ1v) is 5.66. The number of Topliss-reactive ketones (excluding diaryl/α,β-unsaturated/α-hetero) is 1. The molecule has 0 aliphatic carbocycles. The van der Waals surface area contributed by atoms with Gasteiger partial charge in [0.15, 0.2) is 0 Å². The first kappa shape index (κ1) is 13.8. The number of hydrogen-bond acceptors (Lipinski definition) is 2. The Morgan fingerprint density at radius 3 is 2.59 bits per heavy atom. The van der Waals surface area contributed by atoms with Gasteiger partial charge < -0.3 is 0 Å². The van der Waals surface area contributed by atoms with Gasteiger partial charge in [-0.3, -0.25) is 4.79 Å². The molecule has 0 saturated heterocycles. The van der Waals surface area contributed by atoms with Crippen LogP contribution in [0.2, 0.25) is 0 Å². The zero-order valence-corrected chi connectivity index (χ0v) is 10.9. The van der Waals surface area contributed by atoms with Crippen LogP contribution in [0.5, 0.6) is 0 Å². The molecule has 90 valence electrons. The topological polar surface area (TPSA) is 40.9 Å². The van der Waals surface area contributed by atoms with Crippen LogP contribution in [0.4, 0.5) is 8.78 Å². The van der Waals surface area contributed by atoms with Crippen molar-refractivity contribution in [1.29, 1.82) is 5.26 Å². The third kappa shape index (κ3) is 2.70. The zero-order chi connectivity index (χ0) is 13.2. The highest BCUT2D eigenvalue weighted by Gasteiger charge is 2.32. The molecule has 17 heavy (non-hydrogen) atoms. The van der Waals surface area contributed by atoms with Crippen molar-refractivity contribution < 1.29 is 13.6 Å². The van der Waals surface area contributed by atoms with Crippen molar-refractivity contribution in [3.8, 4) is 6.07 Å². The molecule has 0 N–H and O–H groups in total. The highest BCUT2D eigenvalue weighted by molar-refractivity contribution is 9.10. The fourth-order valence-corrected chi connectivity index (χ4v) is 1.99. The van der Waals surface area contributed by atoms with E-state index in [1.54, 1.807) is 0 Å². The smallest absolute Gasteiger partial charge is 0.145 e. The fraction of sp³-hybridized carbons (Fsp3) is 0.333. The zero-order valence-electron chi connectivity index (χ0n) is 9.35. The van der Waals surface area contributed by atoms with E-state index in [0.717, 1.165) is 6.07 Å². The van der Waals surface area contributed by atoms with Crippen molar-refractivity contribution in [3.05, 3.63) is 33.8 Å². The van der Waals surface area contributed by atoms with Gasteiger partial charge in [0.2, 0.25) is 0 Å². The largest absolute Gasteiger partial charge is 0.300 e. The van der Waals surface area contributed by atoms with E-state index in [0.29, 0.717) is 0 Å². The molecule has 0 aliphatic rings. The minimum atomic E-state index is -1.29. The Balaban J connectivity index is 3.37. The minimum absolute atomic E-state index is 0.0171. The quantitative estimate of drug-likeness (QED) is 0.802. The maximum absolute atomic E-state index is 13.8. The molecule has 1 unspecified atom stereocenters. The number of ketones is 1. The molecular formula is C12H10BrF2NO. The summed E-state index contributed by atoms with van der Waals surface area (Å²) in [5.74, 6) is -1.81. The lowest BCUT2D eigenvalue weighted by atomic mass is 9.79. The number of carbonyl (C=O) groups excluding carboxylic acids is 1. The van der Waals surface area contributed by atoms with Crippen molar-refractivity contribution in [3.63, 3.8) is 0 Å². The molecule has 0 bridgehead atoms. The predicted octanol–water partition coefficient (Wildman–Crippen LogP) is 3.49. The van der Waals surface area contributed by atoms with Crippen molar-refractivity contribution in [2.24, 2.45) is 0 Å². The molecule has 1 rings (SSSR count). The second-order valence-corrected chi connectivity index (χ2v) is 4.84. The highest BCUT2D eigenvalue weighted by Crippen LogP contribution is 2.33. The molecule has 1 aromatic rings. The molecule has 0 aromatic heterocycles. The molecule has 0 spiro atoms. The Morgan fingerprint density at radius 1 is 1.53 bits per heavy atom. The van der Waals surface area contributed by atoms with Gasteiger partial charge in [-0.2, -0.15) is 5.26 Å². The van der Waals surface area contributed by atoms with Crippen LogP contribution in [0.25, 0.3) is 0 Å². The highest BCUT2D eigenvalue weighted by atomic mass is 79.9. The molecule has 0 amide bonds. The van der Waals surface area contributed by atoms with Crippen LogP contribution in [0.1, 0.15) is 25.8 Å². The average Bonchev–Trinajstić information content (AvgIpc) is 2.24. The van der Waals surface area contributed by atoms with E-state index >= 15 is 0 Å². The molecule has 0 fully saturated rings. The van der Waals surface area contributed by atoms with E-state index < -0.39 is 17.0 Å². The number of nitriles is 1. The third-order valence-corrected chi connectivity index (χ3v) is 3.21.